The fraction of sp³-hybridized carbons (Fsp3) is 0.538. The molecule has 0 amide bonds. The molecule has 0 saturated carbocycles. The number of likely N-dealkylation sites (tertiary alicyclic amines) is 1. The summed E-state index contributed by atoms with van der Waals surface area (Å²) in [6, 6.07) is 3.66. The molecule has 0 unspecified atom stereocenters. The highest BCUT2D eigenvalue weighted by Crippen LogP contribution is 2.22. The van der Waals surface area contributed by atoms with E-state index in [2.05, 4.69) is 4.90 Å². The van der Waals surface area contributed by atoms with Crippen molar-refractivity contribution in [3.05, 3.63) is 35.1 Å². The number of rotatable bonds is 3. The van der Waals surface area contributed by atoms with Crippen molar-refractivity contribution in [1.82, 2.24) is 4.90 Å². The van der Waals surface area contributed by atoms with Crippen LogP contribution >= 0.6 is 0 Å². The summed E-state index contributed by atoms with van der Waals surface area (Å²) in [5, 5.41) is 0. The van der Waals surface area contributed by atoms with Gasteiger partial charge in [0.15, 0.2) is 0 Å². The first kappa shape index (κ1) is 12.4. The Hall–Kier alpha value is -1.03. The summed E-state index contributed by atoms with van der Waals surface area (Å²) < 4.78 is 38.2. The zero-order valence-corrected chi connectivity index (χ0v) is 9.63. The fourth-order valence-corrected chi connectivity index (χ4v) is 2.27. The molecule has 1 saturated heterocycles. The Kier molecular flexibility index (Phi) is 4.05. The van der Waals surface area contributed by atoms with Gasteiger partial charge in [0.1, 0.15) is 5.82 Å². The third-order valence-corrected chi connectivity index (χ3v) is 3.09. The molecule has 0 N–H and O–H groups in total. The van der Waals surface area contributed by atoms with Gasteiger partial charge in [-0.3, -0.25) is 4.90 Å². The third kappa shape index (κ3) is 3.46. The molecule has 0 radical (unpaired) electrons. The molecule has 0 spiro atoms. The molecule has 94 valence electrons. The van der Waals surface area contributed by atoms with Crippen LogP contribution in [0, 0.1) is 5.82 Å². The second-order valence-corrected chi connectivity index (χ2v) is 4.53. The van der Waals surface area contributed by atoms with Crippen LogP contribution in [0.15, 0.2) is 18.2 Å². The first-order chi connectivity index (χ1) is 8.15. The Labute approximate surface area is 99.2 Å². The maximum absolute atomic E-state index is 13.2. The molecule has 2 rings (SSSR count). The molecule has 0 atom stereocenters. The number of hydrogen-bond acceptors (Lipinski definition) is 1. The van der Waals surface area contributed by atoms with E-state index in [0.717, 1.165) is 32.0 Å². The standard InChI is InChI=1S/C13H16F3N/c14-12-7-10(6-11(8-12)13(15)16)9-17-4-2-1-3-5-17/h6-8,13H,1-5,9H2. The van der Waals surface area contributed by atoms with Gasteiger partial charge in [-0.1, -0.05) is 6.42 Å². The van der Waals surface area contributed by atoms with E-state index in [-0.39, 0.29) is 5.56 Å². The van der Waals surface area contributed by atoms with Crippen LogP contribution in [0.4, 0.5) is 13.2 Å². The summed E-state index contributed by atoms with van der Waals surface area (Å²) in [4.78, 5) is 2.19. The molecule has 1 heterocycles. The lowest BCUT2D eigenvalue weighted by molar-refractivity contribution is 0.150. The molecule has 1 aliphatic heterocycles. The molecular formula is C13H16F3N. The Morgan fingerprint density at radius 2 is 1.76 bits per heavy atom. The van der Waals surface area contributed by atoms with Gasteiger partial charge in [0.25, 0.3) is 6.43 Å². The molecule has 0 aromatic heterocycles. The molecule has 1 fully saturated rings. The number of halogens is 3. The summed E-state index contributed by atoms with van der Waals surface area (Å²) in [5.74, 6) is -0.574. The van der Waals surface area contributed by atoms with E-state index in [1.165, 1.54) is 18.6 Å². The van der Waals surface area contributed by atoms with Crippen LogP contribution in [-0.4, -0.2) is 18.0 Å². The van der Waals surface area contributed by atoms with Crippen molar-refractivity contribution in [1.29, 1.82) is 0 Å². The van der Waals surface area contributed by atoms with E-state index < -0.39 is 12.2 Å². The summed E-state index contributed by atoms with van der Waals surface area (Å²) in [7, 11) is 0. The minimum Gasteiger partial charge on any atom is -0.299 e. The van der Waals surface area contributed by atoms with E-state index in [1.807, 2.05) is 0 Å². The lowest BCUT2D eigenvalue weighted by Crippen LogP contribution is -2.29. The molecule has 1 nitrogen and oxygen atoms in total. The molecular weight excluding hydrogens is 227 g/mol. The van der Waals surface area contributed by atoms with Crippen LogP contribution in [0.2, 0.25) is 0 Å². The van der Waals surface area contributed by atoms with Crippen LogP contribution in [0.1, 0.15) is 36.8 Å². The van der Waals surface area contributed by atoms with E-state index in [0.29, 0.717) is 12.1 Å². The topological polar surface area (TPSA) is 3.24 Å². The van der Waals surface area contributed by atoms with Gasteiger partial charge < -0.3 is 0 Å². The van der Waals surface area contributed by atoms with Gasteiger partial charge in [-0.25, -0.2) is 13.2 Å². The lowest BCUT2D eigenvalue weighted by atomic mass is 10.1. The quantitative estimate of drug-likeness (QED) is 0.781. The van der Waals surface area contributed by atoms with E-state index in [1.54, 1.807) is 0 Å². The number of hydrogen-bond donors (Lipinski definition) is 0. The van der Waals surface area contributed by atoms with Crippen molar-refractivity contribution < 1.29 is 13.2 Å². The SMILES string of the molecule is Fc1cc(CN2CCCCC2)cc(C(F)F)c1. The lowest BCUT2D eigenvalue weighted by Gasteiger charge is -2.26. The molecule has 0 bridgehead atoms. The van der Waals surface area contributed by atoms with Crippen molar-refractivity contribution in [2.24, 2.45) is 0 Å². The van der Waals surface area contributed by atoms with Crippen LogP contribution in [0.25, 0.3) is 0 Å². The van der Waals surface area contributed by atoms with Crippen LogP contribution in [0.5, 0.6) is 0 Å². The molecule has 1 aromatic rings. The Balaban J connectivity index is 2.09. The normalized spacial score (nSPS) is 17.6. The second kappa shape index (κ2) is 5.54. The molecule has 4 heteroatoms. The van der Waals surface area contributed by atoms with Crippen LogP contribution in [0.3, 0.4) is 0 Å². The summed E-state index contributed by atoms with van der Waals surface area (Å²) >= 11 is 0. The Bertz CT molecular complexity index is 373. The van der Waals surface area contributed by atoms with Gasteiger partial charge in [-0.2, -0.15) is 0 Å². The average Bonchev–Trinajstić information content (AvgIpc) is 2.29. The minimum atomic E-state index is -2.61. The minimum absolute atomic E-state index is 0.225. The monoisotopic (exact) mass is 243 g/mol. The van der Waals surface area contributed by atoms with Gasteiger partial charge in [-0.15, -0.1) is 0 Å². The third-order valence-electron chi connectivity index (χ3n) is 3.09. The highest BCUT2D eigenvalue weighted by atomic mass is 19.3. The Morgan fingerprint density at radius 1 is 1.06 bits per heavy atom. The highest BCUT2D eigenvalue weighted by Gasteiger charge is 2.14. The number of nitrogens with zero attached hydrogens (tertiary/aromatic N) is 1. The molecule has 1 aromatic carbocycles. The first-order valence-electron chi connectivity index (χ1n) is 5.95. The smallest absolute Gasteiger partial charge is 0.263 e. The maximum atomic E-state index is 13.2. The second-order valence-electron chi connectivity index (χ2n) is 4.53. The van der Waals surface area contributed by atoms with Crippen molar-refractivity contribution in [3.63, 3.8) is 0 Å². The van der Waals surface area contributed by atoms with E-state index in [4.69, 9.17) is 0 Å². The van der Waals surface area contributed by atoms with Gasteiger partial charge in [-0.05, 0) is 49.7 Å². The van der Waals surface area contributed by atoms with Crippen LogP contribution in [-0.2, 0) is 6.54 Å². The van der Waals surface area contributed by atoms with Crippen molar-refractivity contribution in [3.8, 4) is 0 Å². The van der Waals surface area contributed by atoms with Crippen molar-refractivity contribution in [2.75, 3.05) is 13.1 Å². The number of piperidine rings is 1. The van der Waals surface area contributed by atoms with Gasteiger partial charge in [0.05, 0.1) is 0 Å². The maximum Gasteiger partial charge on any atom is 0.263 e. The summed E-state index contributed by atoms with van der Waals surface area (Å²) in [5.41, 5.74) is 0.416. The van der Waals surface area contributed by atoms with E-state index >= 15 is 0 Å². The predicted octanol–water partition coefficient (Wildman–Crippen LogP) is 3.75. The fourth-order valence-electron chi connectivity index (χ4n) is 2.27. The van der Waals surface area contributed by atoms with Crippen LogP contribution < -0.4 is 0 Å². The molecule has 17 heavy (non-hydrogen) atoms. The molecule has 0 aliphatic carbocycles. The van der Waals surface area contributed by atoms with E-state index in [9.17, 15) is 13.2 Å². The largest absolute Gasteiger partial charge is 0.299 e. The van der Waals surface area contributed by atoms with Crippen molar-refractivity contribution in [2.45, 2.75) is 32.2 Å². The van der Waals surface area contributed by atoms with Crippen molar-refractivity contribution >= 4 is 0 Å². The zero-order valence-electron chi connectivity index (χ0n) is 9.63. The molecule has 1 aliphatic rings. The summed E-state index contributed by atoms with van der Waals surface area (Å²) in [6.07, 6.45) is 0.890. The summed E-state index contributed by atoms with van der Waals surface area (Å²) in [6.45, 7) is 2.51. The predicted molar refractivity (Wildman–Crippen MR) is 60.5 cm³/mol. The van der Waals surface area contributed by atoms with Gasteiger partial charge >= 0.3 is 0 Å². The Morgan fingerprint density at radius 3 is 2.41 bits per heavy atom. The number of alkyl halides is 2. The first-order valence-corrected chi connectivity index (χ1v) is 5.95. The zero-order chi connectivity index (χ0) is 12.3. The van der Waals surface area contributed by atoms with Gasteiger partial charge in [0.2, 0.25) is 0 Å². The number of benzene rings is 1. The highest BCUT2D eigenvalue weighted by molar-refractivity contribution is 5.25. The average molecular weight is 243 g/mol. The van der Waals surface area contributed by atoms with Gasteiger partial charge in [0, 0.05) is 12.1 Å².